The molecule has 148 valence electrons. The summed E-state index contributed by atoms with van der Waals surface area (Å²) in [6.45, 7) is 3.59. The average molecular weight is 392 g/mol. The Morgan fingerprint density at radius 1 is 0.966 bits per heavy atom. The molecular formula is C23H20O6. The lowest BCUT2D eigenvalue weighted by Gasteiger charge is -2.07. The fourth-order valence-electron chi connectivity index (χ4n) is 3.12. The van der Waals surface area contributed by atoms with Crippen LogP contribution < -0.4 is 15.1 Å². The molecule has 0 spiro atoms. The maximum atomic E-state index is 11.9. The highest BCUT2D eigenvalue weighted by Crippen LogP contribution is 2.34. The second-order valence-corrected chi connectivity index (χ2v) is 6.77. The zero-order chi connectivity index (χ0) is 20.5. The SMILES string of the molecule is COc1cccc(COc2ccc3oc(-c4oc(=O)c(C)c(O)c4C)cc3c2)c1. The van der Waals surface area contributed by atoms with Crippen molar-refractivity contribution in [2.75, 3.05) is 7.11 Å². The largest absolute Gasteiger partial charge is 0.507 e. The van der Waals surface area contributed by atoms with Crippen LogP contribution in [-0.2, 0) is 6.61 Å². The molecule has 6 nitrogen and oxygen atoms in total. The summed E-state index contributed by atoms with van der Waals surface area (Å²) >= 11 is 0. The van der Waals surface area contributed by atoms with Crippen LogP contribution in [0.2, 0.25) is 0 Å². The summed E-state index contributed by atoms with van der Waals surface area (Å²) in [5, 5.41) is 10.9. The third-order valence-corrected chi connectivity index (χ3v) is 4.80. The van der Waals surface area contributed by atoms with Gasteiger partial charge in [-0.05, 0) is 55.8 Å². The van der Waals surface area contributed by atoms with E-state index >= 15 is 0 Å². The molecule has 0 unspecified atom stereocenters. The minimum absolute atomic E-state index is 0.0842. The zero-order valence-electron chi connectivity index (χ0n) is 16.3. The lowest BCUT2D eigenvalue weighted by atomic mass is 10.1. The van der Waals surface area contributed by atoms with Crippen LogP contribution in [0.15, 0.2) is 62.2 Å². The van der Waals surface area contributed by atoms with Gasteiger partial charge in [-0.2, -0.15) is 0 Å². The van der Waals surface area contributed by atoms with Crippen LogP contribution in [0.4, 0.5) is 0 Å². The summed E-state index contributed by atoms with van der Waals surface area (Å²) < 4.78 is 22.3. The minimum atomic E-state index is -0.592. The van der Waals surface area contributed by atoms with Crippen molar-refractivity contribution in [2.24, 2.45) is 0 Å². The summed E-state index contributed by atoms with van der Waals surface area (Å²) in [5.74, 6) is 1.96. The van der Waals surface area contributed by atoms with Gasteiger partial charge in [0.2, 0.25) is 0 Å². The van der Waals surface area contributed by atoms with Crippen molar-refractivity contribution in [3.8, 4) is 28.8 Å². The van der Waals surface area contributed by atoms with Crippen molar-refractivity contribution in [3.63, 3.8) is 0 Å². The first-order valence-electron chi connectivity index (χ1n) is 9.09. The van der Waals surface area contributed by atoms with E-state index in [1.807, 2.05) is 36.4 Å². The Hall–Kier alpha value is -3.67. The molecule has 0 saturated heterocycles. The van der Waals surface area contributed by atoms with Crippen molar-refractivity contribution in [1.82, 2.24) is 0 Å². The number of fused-ring (bicyclic) bond motifs is 1. The number of hydrogen-bond acceptors (Lipinski definition) is 6. The number of benzene rings is 2. The molecule has 0 amide bonds. The third-order valence-electron chi connectivity index (χ3n) is 4.80. The predicted molar refractivity (Wildman–Crippen MR) is 109 cm³/mol. The molecule has 4 rings (SSSR count). The van der Waals surface area contributed by atoms with E-state index in [4.69, 9.17) is 18.3 Å². The van der Waals surface area contributed by atoms with Crippen molar-refractivity contribution >= 4 is 11.0 Å². The molecule has 6 heteroatoms. The summed E-state index contributed by atoms with van der Waals surface area (Å²) in [4.78, 5) is 11.9. The van der Waals surface area contributed by atoms with Gasteiger partial charge in [-0.1, -0.05) is 12.1 Å². The number of ether oxygens (including phenoxy) is 2. The Morgan fingerprint density at radius 3 is 2.59 bits per heavy atom. The molecule has 0 aliphatic heterocycles. The smallest absolute Gasteiger partial charge is 0.343 e. The van der Waals surface area contributed by atoms with Crippen molar-refractivity contribution < 1.29 is 23.4 Å². The summed E-state index contributed by atoms with van der Waals surface area (Å²) in [6.07, 6.45) is 0. The Morgan fingerprint density at radius 2 is 1.79 bits per heavy atom. The first-order chi connectivity index (χ1) is 14.0. The molecule has 0 bridgehead atoms. The van der Waals surface area contributed by atoms with Crippen LogP contribution in [0, 0.1) is 13.8 Å². The predicted octanol–water partition coefficient (Wildman–Crippen LogP) is 4.96. The summed E-state index contributed by atoms with van der Waals surface area (Å²) in [5.41, 5.74) is 1.65. The molecule has 0 atom stereocenters. The Bertz CT molecular complexity index is 1250. The van der Waals surface area contributed by atoms with E-state index < -0.39 is 5.63 Å². The first kappa shape index (κ1) is 18.7. The molecule has 2 heterocycles. The number of hydrogen-bond donors (Lipinski definition) is 1. The van der Waals surface area contributed by atoms with Gasteiger partial charge in [0, 0.05) is 10.9 Å². The van der Waals surface area contributed by atoms with Gasteiger partial charge in [-0.25, -0.2) is 4.79 Å². The Labute approximate surface area is 166 Å². The molecule has 4 aromatic rings. The molecule has 29 heavy (non-hydrogen) atoms. The van der Waals surface area contributed by atoms with Crippen LogP contribution >= 0.6 is 0 Å². The number of methoxy groups -OCH3 is 1. The lowest BCUT2D eigenvalue weighted by molar-refractivity contribution is 0.305. The van der Waals surface area contributed by atoms with Gasteiger partial charge >= 0.3 is 5.63 Å². The van der Waals surface area contributed by atoms with Crippen molar-refractivity contribution in [2.45, 2.75) is 20.5 Å². The fraction of sp³-hybridized carbons (Fsp3) is 0.174. The molecule has 0 radical (unpaired) electrons. The summed E-state index contributed by atoms with van der Waals surface area (Å²) in [6, 6.07) is 14.9. The van der Waals surface area contributed by atoms with E-state index in [0.29, 0.717) is 29.3 Å². The standard InChI is InChI=1S/C23H20O6/c1-13-21(24)14(2)23(25)29-22(13)20-11-16-10-18(7-8-19(16)28-20)27-12-15-5-4-6-17(9-15)26-3/h4-11,24H,12H2,1-3H3. The minimum Gasteiger partial charge on any atom is -0.507 e. The molecule has 1 N–H and O–H groups in total. The van der Waals surface area contributed by atoms with Gasteiger partial charge < -0.3 is 23.4 Å². The highest BCUT2D eigenvalue weighted by molar-refractivity contribution is 5.84. The number of furan rings is 1. The van der Waals surface area contributed by atoms with E-state index in [1.165, 1.54) is 6.92 Å². The Kier molecular flexibility index (Phi) is 4.76. The molecule has 0 aliphatic carbocycles. The third kappa shape index (κ3) is 3.57. The van der Waals surface area contributed by atoms with E-state index in [9.17, 15) is 9.90 Å². The maximum absolute atomic E-state index is 11.9. The van der Waals surface area contributed by atoms with E-state index in [1.54, 1.807) is 26.2 Å². The molecule has 0 saturated carbocycles. The van der Waals surface area contributed by atoms with Gasteiger partial charge in [-0.3, -0.25) is 0 Å². The molecule has 0 fully saturated rings. The maximum Gasteiger partial charge on any atom is 0.343 e. The van der Waals surface area contributed by atoms with Gasteiger partial charge in [0.15, 0.2) is 11.5 Å². The number of aromatic hydroxyl groups is 1. The van der Waals surface area contributed by atoms with Crippen LogP contribution in [0.3, 0.4) is 0 Å². The van der Waals surface area contributed by atoms with Gasteiger partial charge in [0.1, 0.15) is 29.4 Å². The van der Waals surface area contributed by atoms with Gasteiger partial charge in [-0.15, -0.1) is 0 Å². The normalized spacial score (nSPS) is 11.0. The Balaban J connectivity index is 1.62. The molecule has 0 aliphatic rings. The number of rotatable bonds is 5. The van der Waals surface area contributed by atoms with Gasteiger partial charge in [0.25, 0.3) is 0 Å². The second kappa shape index (κ2) is 7.39. The highest BCUT2D eigenvalue weighted by Gasteiger charge is 2.18. The topological polar surface area (TPSA) is 82.0 Å². The molecule has 2 aromatic heterocycles. The average Bonchev–Trinajstić information content (AvgIpc) is 3.16. The highest BCUT2D eigenvalue weighted by atomic mass is 16.5. The second-order valence-electron chi connectivity index (χ2n) is 6.77. The quantitative estimate of drug-likeness (QED) is 0.517. The van der Waals surface area contributed by atoms with Crippen molar-refractivity contribution in [1.29, 1.82) is 0 Å². The van der Waals surface area contributed by atoms with E-state index in [2.05, 4.69) is 0 Å². The fourth-order valence-corrected chi connectivity index (χ4v) is 3.12. The lowest BCUT2D eigenvalue weighted by Crippen LogP contribution is -2.05. The van der Waals surface area contributed by atoms with E-state index in [0.717, 1.165) is 16.7 Å². The van der Waals surface area contributed by atoms with Gasteiger partial charge in [0.05, 0.1) is 12.7 Å². The van der Waals surface area contributed by atoms with Crippen LogP contribution in [0.5, 0.6) is 17.2 Å². The van der Waals surface area contributed by atoms with Crippen molar-refractivity contribution in [3.05, 3.63) is 75.6 Å². The first-order valence-corrected chi connectivity index (χ1v) is 9.09. The van der Waals surface area contributed by atoms with Crippen LogP contribution in [-0.4, -0.2) is 12.2 Å². The molecule has 2 aromatic carbocycles. The monoisotopic (exact) mass is 392 g/mol. The zero-order valence-corrected chi connectivity index (χ0v) is 16.3. The van der Waals surface area contributed by atoms with E-state index in [-0.39, 0.29) is 17.1 Å². The van der Waals surface area contributed by atoms with Crippen LogP contribution in [0.1, 0.15) is 16.7 Å². The molecular weight excluding hydrogens is 372 g/mol. The van der Waals surface area contributed by atoms with Crippen LogP contribution in [0.25, 0.3) is 22.5 Å². The summed E-state index contributed by atoms with van der Waals surface area (Å²) in [7, 11) is 1.63.